The van der Waals surface area contributed by atoms with Crippen molar-refractivity contribution in [1.82, 2.24) is 14.8 Å². The molecule has 0 radical (unpaired) electrons. The van der Waals surface area contributed by atoms with E-state index >= 15 is 0 Å². The van der Waals surface area contributed by atoms with Gasteiger partial charge in [0.25, 0.3) is 0 Å². The van der Waals surface area contributed by atoms with Crippen molar-refractivity contribution in [2.75, 3.05) is 23.4 Å². The van der Waals surface area contributed by atoms with E-state index in [9.17, 15) is 31.6 Å². The SMILES string of the molecule is Cc1cc(N(C)C(=O)[C@H](Cc2ccccc2)NC(=O)NS(=O)(=O)NCC(=O)N(Cc2ccccc2C)c2ccc(F)c(C)c2)ccc1F. The Morgan fingerprint density at radius 3 is 1.98 bits per heavy atom. The molecule has 0 saturated heterocycles. The van der Waals surface area contributed by atoms with Gasteiger partial charge in [-0.25, -0.2) is 18.3 Å². The molecule has 252 valence electrons. The van der Waals surface area contributed by atoms with E-state index in [0.717, 1.165) is 11.1 Å². The second-order valence-corrected chi connectivity index (χ2v) is 12.8. The third-order valence-electron chi connectivity index (χ3n) is 7.73. The first kappa shape index (κ1) is 35.7. The summed E-state index contributed by atoms with van der Waals surface area (Å²) in [6.07, 6.45) is 0.0223. The van der Waals surface area contributed by atoms with E-state index in [1.165, 1.54) is 53.2 Å². The van der Waals surface area contributed by atoms with Gasteiger partial charge in [0, 0.05) is 24.8 Å². The number of hydrogen-bond donors (Lipinski definition) is 3. The van der Waals surface area contributed by atoms with E-state index in [1.54, 1.807) is 55.0 Å². The Bertz CT molecular complexity index is 1910. The maximum absolute atomic E-state index is 14.0. The van der Waals surface area contributed by atoms with Crippen molar-refractivity contribution in [1.29, 1.82) is 0 Å². The molecule has 0 aromatic heterocycles. The molecule has 0 aliphatic rings. The van der Waals surface area contributed by atoms with Crippen LogP contribution in [0.25, 0.3) is 0 Å². The number of carbonyl (C=O) groups is 3. The largest absolute Gasteiger partial charge is 0.330 e. The van der Waals surface area contributed by atoms with Crippen molar-refractivity contribution >= 4 is 39.4 Å². The van der Waals surface area contributed by atoms with Crippen LogP contribution in [0.2, 0.25) is 0 Å². The van der Waals surface area contributed by atoms with E-state index in [-0.39, 0.29) is 13.0 Å². The van der Waals surface area contributed by atoms with Gasteiger partial charge >= 0.3 is 16.2 Å². The molecule has 4 rings (SSSR count). The number of likely N-dealkylation sites (N-methyl/N-ethyl adjacent to an activating group) is 1. The standard InChI is InChI=1S/C35H37F2N5O5S/c1-23-10-8-9-13-27(23)22-42(29-15-17-31(37)25(3)19-29)33(43)21-38-48(46,47)40-35(45)39-32(20-26-11-6-5-7-12-26)34(44)41(4)28-14-16-30(36)24(2)18-28/h5-19,32,38H,20-22H2,1-4H3,(H2,39,40,45)/t32-/m0/s1. The molecule has 0 fully saturated rings. The Morgan fingerprint density at radius 2 is 1.35 bits per heavy atom. The molecule has 3 N–H and O–H groups in total. The second kappa shape index (κ2) is 15.6. The summed E-state index contributed by atoms with van der Waals surface area (Å²) in [5.41, 5.74) is 3.73. The van der Waals surface area contributed by atoms with Crippen LogP contribution in [0.15, 0.2) is 91.0 Å². The van der Waals surface area contributed by atoms with Gasteiger partial charge in [0.05, 0.1) is 13.1 Å². The minimum absolute atomic E-state index is 0.0223. The minimum atomic E-state index is -4.60. The van der Waals surface area contributed by atoms with Gasteiger partial charge in [-0.2, -0.15) is 13.1 Å². The van der Waals surface area contributed by atoms with E-state index in [4.69, 9.17) is 0 Å². The third kappa shape index (κ3) is 9.46. The van der Waals surface area contributed by atoms with Crippen LogP contribution in [-0.4, -0.2) is 45.9 Å². The molecule has 10 nitrogen and oxygen atoms in total. The maximum Gasteiger partial charge on any atom is 0.330 e. The molecule has 48 heavy (non-hydrogen) atoms. The number of benzene rings is 4. The molecule has 13 heteroatoms. The molecule has 4 aromatic rings. The molecule has 0 aliphatic carbocycles. The maximum atomic E-state index is 14.0. The van der Waals surface area contributed by atoms with E-state index in [1.807, 2.05) is 25.1 Å². The van der Waals surface area contributed by atoms with Crippen LogP contribution in [0.3, 0.4) is 0 Å². The highest BCUT2D eigenvalue weighted by atomic mass is 32.2. The van der Waals surface area contributed by atoms with Gasteiger partial charge in [-0.3, -0.25) is 9.59 Å². The first-order valence-electron chi connectivity index (χ1n) is 15.0. The number of hydrogen-bond acceptors (Lipinski definition) is 5. The van der Waals surface area contributed by atoms with Crippen LogP contribution >= 0.6 is 0 Å². The number of carbonyl (C=O) groups excluding carboxylic acids is 3. The number of nitrogens with one attached hydrogen (secondary N) is 3. The molecule has 0 aliphatic heterocycles. The van der Waals surface area contributed by atoms with E-state index in [2.05, 4.69) is 10.0 Å². The summed E-state index contributed by atoms with van der Waals surface area (Å²) in [5, 5.41) is 2.42. The third-order valence-corrected chi connectivity index (χ3v) is 8.71. The lowest BCUT2D eigenvalue weighted by Crippen LogP contribution is -2.54. The van der Waals surface area contributed by atoms with Crippen molar-refractivity contribution in [2.24, 2.45) is 0 Å². The Morgan fingerprint density at radius 1 is 0.771 bits per heavy atom. The van der Waals surface area contributed by atoms with E-state index in [0.29, 0.717) is 28.1 Å². The van der Waals surface area contributed by atoms with Gasteiger partial charge in [-0.15, -0.1) is 0 Å². The molecular weight excluding hydrogens is 640 g/mol. The average molecular weight is 678 g/mol. The fraction of sp³-hybridized carbons (Fsp3) is 0.229. The molecule has 0 spiro atoms. The van der Waals surface area contributed by atoms with Gasteiger partial charge < -0.3 is 15.1 Å². The van der Waals surface area contributed by atoms with Crippen molar-refractivity contribution in [3.05, 3.63) is 130 Å². The first-order chi connectivity index (χ1) is 22.7. The number of halogens is 2. The first-order valence-corrected chi connectivity index (χ1v) is 16.5. The summed E-state index contributed by atoms with van der Waals surface area (Å²) in [5.74, 6) is -2.15. The molecule has 0 unspecified atom stereocenters. The predicted molar refractivity (Wildman–Crippen MR) is 181 cm³/mol. The number of rotatable bonds is 12. The van der Waals surface area contributed by atoms with Crippen molar-refractivity contribution < 1.29 is 31.6 Å². The molecule has 1 atom stereocenters. The smallest absolute Gasteiger partial charge is 0.325 e. The number of nitrogens with zero attached hydrogens (tertiary/aromatic N) is 2. The Hall–Kier alpha value is -5.14. The highest BCUT2D eigenvalue weighted by Gasteiger charge is 2.28. The lowest BCUT2D eigenvalue weighted by Gasteiger charge is -2.26. The number of aryl methyl sites for hydroxylation is 3. The number of amides is 4. The molecule has 4 aromatic carbocycles. The summed E-state index contributed by atoms with van der Waals surface area (Å²) in [7, 11) is -3.14. The number of urea groups is 1. The van der Waals surface area contributed by atoms with Crippen LogP contribution in [0.1, 0.15) is 27.8 Å². The van der Waals surface area contributed by atoms with Crippen molar-refractivity contribution in [3.63, 3.8) is 0 Å². The summed E-state index contributed by atoms with van der Waals surface area (Å²) in [6.45, 7) is 4.32. The highest BCUT2D eigenvalue weighted by Crippen LogP contribution is 2.22. The summed E-state index contributed by atoms with van der Waals surface area (Å²) in [4.78, 5) is 42.5. The summed E-state index contributed by atoms with van der Waals surface area (Å²) < 4.78 is 57.6. The quantitative estimate of drug-likeness (QED) is 0.198. The molecule has 4 amide bonds. The van der Waals surface area contributed by atoms with Crippen LogP contribution in [0.5, 0.6) is 0 Å². The van der Waals surface area contributed by atoms with Gasteiger partial charge in [0.15, 0.2) is 0 Å². The zero-order valence-corrected chi connectivity index (χ0v) is 27.8. The van der Waals surface area contributed by atoms with Gasteiger partial charge in [0.2, 0.25) is 11.8 Å². The fourth-order valence-electron chi connectivity index (χ4n) is 4.92. The Balaban J connectivity index is 1.47. The number of anilines is 2. The summed E-state index contributed by atoms with van der Waals surface area (Å²) in [6, 6.07) is 22.0. The monoisotopic (exact) mass is 677 g/mol. The lowest BCUT2D eigenvalue weighted by molar-refractivity contribution is -0.120. The average Bonchev–Trinajstić information content (AvgIpc) is 3.05. The fourth-order valence-corrected chi connectivity index (χ4v) is 5.61. The molecule has 0 bridgehead atoms. The second-order valence-electron chi connectivity index (χ2n) is 11.3. The Kier molecular flexibility index (Phi) is 11.6. The molecule has 0 saturated carbocycles. The van der Waals surface area contributed by atoms with Crippen LogP contribution in [0.4, 0.5) is 25.0 Å². The zero-order chi connectivity index (χ0) is 35.0. The van der Waals surface area contributed by atoms with Crippen LogP contribution < -0.4 is 24.6 Å². The lowest BCUT2D eigenvalue weighted by atomic mass is 10.0. The van der Waals surface area contributed by atoms with Crippen molar-refractivity contribution in [2.45, 2.75) is 39.8 Å². The molecular formula is C35H37F2N5O5S. The van der Waals surface area contributed by atoms with Crippen LogP contribution in [-0.2, 0) is 32.8 Å². The highest BCUT2D eigenvalue weighted by molar-refractivity contribution is 7.88. The normalized spacial score (nSPS) is 11.8. The zero-order valence-electron chi connectivity index (χ0n) is 27.0. The minimum Gasteiger partial charge on any atom is -0.325 e. The molecule has 0 heterocycles. The van der Waals surface area contributed by atoms with Gasteiger partial charge in [-0.05, 0) is 85.0 Å². The van der Waals surface area contributed by atoms with Gasteiger partial charge in [-0.1, -0.05) is 54.6 Å². The van der Waals surface area contributed by atoms with Crippen LogP contribution in [0, 0.1) is 32.4 Å². The predicted octanol–water partition coefficient (Wildman–Crippen LogP) is 4.83. The topological polar surface area (TPSA) is 128 Å². The Labute approximate surface area is 278 Å². The van der Waals surface area contributed by atoms with E-state index < -0.39 is 52.3 Å². The van der Waals surface area contributed by atoms with Crippen molar-refractivity contribution in [3.8, 4) is 0 Å². The van der Waals surface area contributed by atoms with Gasteiger partial charge in [0.1, 0.15) is 17.7 Å². The summed E-state index contributed by atoms with van der Waals surface area (Å²) >= 11 is 0.